The number of hydrogen-bond acceptors (Lipinski definition) is 4. The predicted octanol–water partition coefficient (Wildman–Crippen LogP) is 2.35. The first-order valence-corrected chi connectivity index (χ1v) is 9.13. The van der Waals surface area contributed by atoms with Crippen molar-refractivity contribution in [1.29, 1.82) is 0 Å². The van der Waals surface area contributed by atoms with Gasteiger partial charge in [0.2, 0.25) is 5.91 Å². The topological polar surface area (TPSA) is 76.0 Å². The molecular weight excluding hydrogens is 349 g/mol. The third-order valence-electron chi connectivity index (χ3n) is 4.86. The third-order valence-corrected chi connectivity index (χ3v) is 4.86. The molecule has 1 aliphatic heterocycles. The van der Waals surface area contributed by atoms with E-state index in [0.717, 1.165) is 32.5 Å². The maximum Gasteiger partial charge on any atom is 0.248 e. The molecule has 1 fully saturated rings. The average molecular weight is 371 g/mol. The standard InChI is InChI=1S/C19H22FN5O2/c20-15-3-4-16-17(8-15)23-18(22-16)11-27-12-19(26)25-6-1-2-14(10-25)9-24-7-5-21-13-24/h3-5,7-8,13-14H,1-2,6,9-12H2,(H,22,23)/t14-/m1/s1. The molecule has 2 aromatic heterocycles. The van der Waals surface area contributed by atoms with E-state index in [0.29, 0.717) is 22.8 Å². The van der Waals surface area contributed by atoms with Crippen molar-refractivity contribution in [3.63, 3.8) is 0 Å². The highest BCUT2D eigenvalue weighted by Gasteiger charge is 2.23. The summed E-state index contributed by atoms with van der Waals surface area (Å²) in [5.74, 6) is 0.693. The number of nitrogens with one attached hydrogen (secondary N) is 1. The van der Waals surface area contributed by atoms with E-state index >= 15 is 0 Å². The van der Waals surface area contributed by atoms with Crippen molar-refractivity contribution in [2.24, 2.45) is 5.92 Å². The number of carbonyl (C=O) groups excluding carboxylic acids is 1. The second-order valence-electron chi connectivity index (χ2n) is 6.95. The Hall–Kier alpha value is -2.74. The SMILES string of the molecule is O=C(COCc1nc2ccc(F)cc2[nH]1)N1CCC[C@H](Cn2ccnc2)C1. The van der Waals surface area contributed by atoms with Crippen molar-refractivity contribution < 1.29 is 13.9 Å². The predicted molar refractivity (Wildman–Crippen MR) is 97.2 cm³/mol. The lowest BCUT2D eigenvalue weighted by molar-refractivity contribution is -0.138. The van der Waals surface area contributed by atoms with Crippen LogP contribution in [0.4, 0.5) is 4.39 Å². The third kappa shape index (κ3) is 4.33. The molecule has 142 valence electrons. The molecule has 1 atom stereocenters. The zero-order valence-electron chi connectivity index (χ0n) is 15.0. The molecule has 7 nitrogen and oxygen atoms in total. The van der Waals surface area contributed by atoms with Gasteiger partial charge in [-0.1, -0.05) is 0 Å². The number of nitrogens with zero attached hydrogens (tertiary/aromatic N) is 4. The minimum absolute atomic E-state index is 0.00696. The van der Waals surface area contributed by atoms with Crippen LogP contribution in [0.25, 0.3) is 11.0 Å². The van der Waals surface area contributed by atoms with Gasteiger partial charge in [-0.3, -0.25) is 4.79 Å². The highest BCUT2D eigenvalue weighted by Crippen LogP contribution is 2.19. The number of aromatic nitrogens is 4. The summed E-state index contributed by atoms with van der Waals surface area (Å²) in [5, 5.41) is 0. The summed E-state index contributed by atoms with van der Waals surface area (Å²) >= 11 is 0. The molecule has 0 aliphatic carbocycles. The largest absolute Gasteiger partial charge is 0.364 e. The summed E-state index contributed by atoms with van der Waals surface area (Å²) in [4.78, 5) is 25.7. The van der Waals surface area contributed by atoms with Crippen LogP contribution in [0.2, 0.25) is 0 Å². The number of amides is 1. The number of hydrogen-bond donors (Lipinski definition) is 1. The quantitative estimate of drug-likeness (QED) is 0.722. The van der Waals surface area contributed by atoms with Crippen LogP contribution in [0.15, 0.2) is 36.9 Å². The van der Waals surface area contributed by atoms with Gasteiger partial charge in [0.05, 0.1) is 17.4 Å². The van der Waals surface area contributed by atoms with Gasteiger partial charge in [-0.05, 0) is 37.0 Å². The van der Waals surface area contributed by atoms with Crippen LogP contribution < -0.4 is 0 Å². The van der Waals surface area contributed by atoms with Gasteiger partial charge in [-0.25, -0.2) is 14.4 Å². The lowest BCUT2D eigenvalue weighted by Crippen LogP contribution is -2.42. The molecule has 1 amide bonds. The van der Waals surface area contributed by atoms with Crippen LogP contribution in [0.1, 0.15) is 18.7 Å². The van der Waals surface area contributed by atoms with Gasteiger partial charge in [0, 0.05) is 32.0 Å². The Morgan fingerprint density at radius 3 is 3.19 bits per heavy atom. The maximum atomic E-state index is 13.2. The zero-order chi connectivity index (χ0) is 18.6. The van der Waals surface area contributed by atoms with Crippen LogP contribution in [-0.4, -0.2) is 50.0 Å². The minimum atomic E-state index is -0.316. The molecule has 1 saturated heterocycles. The molecule has 3 heterocycles. The Balaban J connectivity index is 1.26. The molecule has 0 spiro atoms. The number of fused-ring (bicyclic) bond motifs is 1. The van der Waals surface area contributed by atoms with Crippen molar-refractivity contribution >= 4 is 16.9 Å². The van der Waals surface area contributed by atoms with Crippen molar-refractivity contribution in [3.05, 3.63) is 48.6 Å². The Morgan fingerprint density at radius 2 is 2.33 bits per heavy atom. The zero-order valence-corrected chi connectivity index (χ0v) is 15.0. The number of ether oxygens (including phenoxy) is 1. The van der Waals surface area contributed by atoms with E-state index < -0.39 is 0 Å². The lowest BCUT2D eigenvalue weighted by Gasteiger charge is -2.32. The van der Waals surface area contributed by atoms with Gasteiger partial charge in [-0.2, -0.15) is 0 Å². The second-order valence-corrected chi connectivity index (χ2v) is 6.95. The van der Waals surface area contributed by atoms with Crippen molar-refractivity contribution in [2.45, 2.75) is 26.0 Å². The summed E-state index contributed by atoms with van der Waals surface area (Å²) in [7, 11) is 0. The monoisotopic (exact) mass is 371 g/mol. The number of rotatable bonds is 6. The summed E-state index contributed by atoms with van der Waals surface area (Å²) in [6, 6.07) is 4.38. The normalized spacial score (nSPS) is 17.5. The molecule has 8 heteroatoms. The highest BCUT2D eigenvalue weighted by atomic mass is 19.1. The average Bonchev–Trinajstić information content (AvgIpc) is 3.31. The molecule has 0 saturated carbocycles. The first kappa shape index (κ1) is 17.7. The Kier molecular flexibility index (Phi) is 5.15. The van der Waals surface area contributed by atoms with Gasteiger partial charge >= 0.3 is 0 Å². The van der Waals surface area contributed by atoms with Crippen LogP contribution >= 0.6 is 0 Å². The fraction of sp³-hybridized carbons (Fsp3) is 0.421. The Labute approximate surface area is 156 Å². The van der Waals surface area contributed by atoms with Gasteiger partial charge in [0.25, 0.3) is 0 Å². The van der Waals surface area contributed by atoms with Crippen molar-refractivity contribution in [1.82, 2.24) is 24.4 Å². The molecule has 4 rings (SSSR count). The van der Waals surface area contributed by atoms with Gasteiger partial charge in [-0.15, -0.1) is 0 Å². The van der Waals surface area contributed by atoms with Crippen LogP contribution in [-0.2, 0) is 22.7 Å². The maximum absolute atomic E-state index is 13.2. The number of likely N-dealkylation sites (tertiary alicyclic amines) is 1. The lowest BCUT2D eigenvalue weighted by atomic mass is 9.98. The van der Waals surface area contributed by atoms with Crippen LogP contribution in [0, 0.1) is 11.7 Å². The van der Waals surface area contributed by atoms with Crippen molar-refractivity contribution in [3.8, 4) is 0 Å². The van der Waals surface area contributed by atoms with E-state index in [1.54, 1.807) is 12.3 Å². The minimum Gasteiger partial charge on any atom is -0.364 e. The fourth-order valence-corrected chi connectivity index (χ4v) is 3.56. The van der Waals surface area contributed by atoms with Crippen molar-refractivity contribution in [2.75, 3.05) is 19.7 Å². The van der Waals surface area contributed by atoms with Gasteiger partial charge in [0.1, 0.15) is 24.9 Å². The molecule has 3 aromatic rings. The van der Waals surface area contributed by atoms with Crippen LogP contribution in [0.3, 0.4) is 0 Å². The molecular formula is C19H22FN5O2. The molecule has 0 unspecified atom stereocenters. The number of carbonyl (C=O) groups is 1. The molecule has 1 aromatic carbocycles. The summed E-state index contributed by atoms with van der Waals surface area (Å²) in [5.41, 5.74) is 1.30. The van der Waals surface area contributed by atoms with Gasteiger partial charge in [0.15, 0.2) is 0 Å². The number of piperidine rings is 1. The van der Waals surface area contributed by atoms with E-state index in [-0.39, 0.29) is 24.9 Å². The number of imidazole rings is 2. The van der Waals surface area contributed by atoms with Gasteiger partial charge < -0.3 is 19.2 Å². The van der Waals surface area contributed by atoms with E-state index in [1.807, 2.05) is 17.4 Å². The summed E-state index contributed by atoms with van der Waals surface area (Å²) in [6.07, 6.45) is 7.64. The first-order chi connectivity index (χ1) is 13.2. The number of halogens is 1. The summed E-state index contributed by atoms with van der Waals surface area (Å²) in [6.45, 7) is 2.59. The second kappa shape index (κ2) is 7.87. The first-order valence-electron chi connectivity index (χ1n) is 9.13. The highest BCUT2D eigenvalue weighted by molar-refractivity contribution is 5.77. The molecule has 1 aliphatic rings. The summed E-state index contributed by atoms with van der Waals surface area (Å²) < 4.78 is 20.8. The Bertz CT molecular complexity index is 908. The fourth-order valence-electron chi connectivity index (χ4n) is 3.56. The molecule has 27 heavy (non-hydrogen) atoms. The van der Waals surface area contributed by atoms with E-state index in [2.05, 4.69) is 19.5 Å². The smallest absolute Gasteiger partial charge is 0.248 e. The number of benzene rings is 1. The number of H-pyrrole nitrogens is 1. The molecule has 1 N–H and O–H groups in total. The molecule has 0 radical (unpaired) electrons. The molecule has 0 bridgehead atoms. The van der Waals surface area contributed by atoms with E-state index in [9.17, 15) is 9.18 Å². The Morgan fingerprint density at radius 1 is 1.41 bits per heavy atom. The van der Waals surface area contributed by atoms with Crippen LogP contribution in [0.5, 0.6) is 0 Å². The van der Waals surface area contributed by atoms with E-state index in [1.165, 1.54) is 12.1 Å². The van der Waals surface area contributed by atoms with E-state index in [4.69, 9.17) is 4.74 Å². The number of aromatic amines is 1.